The molecule has 0 radical (unpaired) electrons. The van der Waals surface area contributed by atoms with Crippen molar-refractivity contribution in [2.45, 2.75) is 45.1 Å². The summed E-state index contributed by atoms with van der Waals surface area (Å²) in [6.07, 6.45) is 0.915. The summed E-state index contributed by atoms with van der Waals surface area (Å²) in [7, 11) is -3.44. The van der Waals surface area contributed by atoms with E-state index in [1.54, 1.807) is 35.6 Å². The minimum Gasteiger partial charge on any atom is -0.350 e. The molecular formula is C18H25N3O3S2. The zero-order chi connectivity index (χ0) is 19.2. The van der Waals surface area contributed by atoms with Gasteiger partial charge in [0.05, 0.1) is 22.1 Å². The molecule has 1 aromatic carbocycles. The van der Waals surface area contributed by atoms with E-state index in [0.717, 1.165) is 16.3 Å². The maximum absolute atomic E-state index is 12.5. The maximum Gasteiger partial charge on any atom is 0.243 e. The Hall–Kier alpha value is -1.77. The minimum atomic E-state index is -3.44. The zero-order valence-electron chi connectivity index (χ0n) is 15.4. The van der Waals surface area contributed by atoms with Gasteiger partial charge in [-0.25, -0.2) is 13.4 Å². The van der Waals surface area contributed by atoms with Crippen molar-refractivity contribution >= 4 is 27.3 Å². The van der Waals surface area contributed by atoms with Gasteiger partial charge in [0, 0.05) is 24.9 Å². The van der Waals surface area contributed by atoms with E-state index in [4.69, 9.17) is 0 Å². The van der Waals surface area contributed by atoms with Crippen molar-refractivity contribution in [1.82, 2.24) is 14.6 Å². The average molecular weight is 396 g/mol. The van der Waals surface area contributed by atoms with E-state index in [9.17, 15) is 13.2 Å². The van der Waals surface area contributed by atoms with Gasteiger partial charge in [0.2, 0.25) is 15.9 Å². The summed E-state index contributed by atoms with van der Waals surface area (Å²) in [5.74, 6) is -0.0458. The second-order valence-electron chi connectivity index (χ2n) is 5.87. The molecule has 6 nitrogen and oxygen atoms in total. The van der Waals surface area contributed by atoms with Crippen LogP contribution in [0.15, 0.2) is 34.5 Å². The van der Waals surface area contributed by atoms with E-state index >= 15 is 0 Å². The molecule has 0 aliphatic rings. The fraction of sp³-hybridized carbons (Fsp3) is 0.444. The van der Waals surface area contributed by atoms with Gasteiger partial charge >= 0.3 is 0 Å². The van der Waals surface area contributed by atoms with Crippen molar-refractivity contribution < 1.29 is 13.2 Å². The normalized spacial score (nSPS) is 11.7. The van der Waals surface area contributed by atoms with Gasteiger partial charge in [0.1, 0.15) is 0 Å². The number of hydrogen-bond acceptors (Lipinski definition) is 5. The summed E-state index contributed by atoms with van der Waals surface area (Å²) in [4.78, 5) is 16.5. The van der Waals surface area contributed by atoms with Crippen molar-refractivity contribution in [3.8, 4) is 0 Å². The molecular weight excluding hydrogens is 370 g/mol. The van der Waals surface area contributed by atoms with Crippen LogP contribution in [0.1, 0.15) is 36.5 Å². The molecule has 1 amide bonds. The molecule has 1 aromatic heterocycles. The van der Waals surface area contributed by atoms with Crippen LogP contribution in [-0.2, 0) is 27.8 Å². The SMILES string of the molecule is CCN(CC)S(=O)(=O)c1ccc(CCC(=O)NCc2csc(C)n2)cc1. The van der Waals surface area contributed by atoms with Crippen LogP contribution < -0.4 is 5.32 Å². The van der Waals surface area contributed by atoms with Crippen molar-refractivity contribution in [3.63, 3.8) is 0 Å². The standard InChI is InChI=1S/C18H25N3O3S2/c1-4-21(5-2)26(23,24)17-9-6-15(7-10-17)8-11-18(22)19-12-16-13-25-14(3)20-16/h6-7,9-10,13H,4-5,8,11-12H2,1-3H3,(H,19,22). The lowest BCUT2D eigenvalue weighted by molar-refractivity contribution is -0.121. The topological polar surface area (TPSA) is 79.4 Å². The Morgan fingerprint density at radius 2 is 1.85 bits per heavy atom. The van der Waals surface area contributed by atoms with E-state index in [1.807, 2.05) is 26.2 Å². The molecule has 0 fully saturated rings. The number of carbonyl (C=O) groups excluding carboxylic acids is 1. The predicted octanol–water partition coefficient (Wildman–Crippen LogP) is 2.73. The van der Waals surface area contributed by atoms with Crippen molar-refractivity contribution in [1.29, 1.82) is 0 Å². The number of thiazole rings is 1. The lowest BCUT2D eigenvalue weighted by Gasteiger charge is -2.18. The van der Waals surface area contributed by atoms with E-state index < -0.39 is 10.0 Å². The first-order valence-electron chi connectivity index (χ1n) is 8.63. The summed E-state index contributed by atoms with van der Waals surface area (Å²) >= 11 is 1.56. The highest BCUT2D eigenvalue weighted by atomic mass is 32.2. The highest BCUT2D eigenvalue weighted by Crippen LogP contribution is 2.17. The lowest BCUT2D eigenvalue weighted by Crippen LogP contribution is -2.30. The van der Waals surface area contributed by atoms with E-state index in [-0.39, 0.29) is 10.8 Å². The Morgan fingerprint density at radius 3 is 2.38 bits per heavy atom. The number of carbonyl (C=O) groups is 1. The molecule has 0 atom stereocenters. The fourth-order valence-corrected chi connectivity index (χ4v) is 4.64. The maximum atomic E-state index is 12.5. The Labute approximate surface area is 159 Å². The number of amides is 1. The highest BCUT2D eigenvalue weighted by Gasteiger charge is 2.21. The fourth-order valence-electron chi connectivity index (χ4n) is 2.57. The molecule has 1 N–H and O–H groups in total. The van der Waals surface area contributed by atoms with Crippen molar-refractivity contribution in [3.05, 3.63) is 45.9 Å². The molecule has 0 spiro atoms. The molecule has 0 aliphatic carbocycles. The molecule has 0 bridgehead atoms. The van der Waals surface area contributed by atoms with Crippen LogP contribution in [0, 0.1) is 6.92 Å². The van der Waals surface area contributed by atoms with Gasteiger partial charge in [-0.2, -0.15) is 4.31 Å². The molecule has 0 unspecified atom stereocenters. The van der Waals surface area contributed by atoms with Gasteiger partial charge < -0.3 is 5.32 Å². The lowest BCUT2D eigenvalue weighted by atomic mass is 10.1. The number of nitrogens with zero attached hydrogens (tertiary/aromatic N) is 2. The quantitative estimate of drug-likeness (QED) is 0.708. The van der Waals surface area contributed by atoms with Crippen LogP contribution in [0.4, 0.5) is 0 Å². The number of benzene rings is 1. The van der Waals surface area contributed by atoms with Gasteiger partial charge in [-0.1, -0.05) is 26.0 Å². The van der Waals surface area contributed by atoms with Crippen LogP contribution in [-0.4, -0.2) is 36.7 Å². The van der Waals surface area contributed by atoms with Crippen LogP contribution in [0.3, 0.4) is 0 Å². The number of aromatic nitrogens is 1. The first-order chi connectivity index (χ1) is 12.4. The van der Waals surface area contributed by atoms with Crippen LogP contribution in [0.5, 0.6) is 0 Å². The number of hydrogen-bond donors (Lipinski definition) is 1. The van der Waals surface area contributed by atoms with Crippen LogP contribution in [0.2, 0.25) is 0 Å². The molecule has 2 aromatic rings. The van der Waals surface area contributed by atoms with Gasteiger partial charge in [0.15, 0.2) is 0 Å². The van der Waals surface area contributed by atoms with Crippen molar-refractivity contribution in [2.75, 3.05) is 13.1 Å². The largest absolute Gasteiger partial charge is 0.350 e. The molecule has 0 saturated carbocycles. The molecule has 2 rings (SSSR count). The molecule has 8 heteroatoms. The molecule has 0 saturated heterocycles. The Morgan fingerprint density at radius 1 is 1.19 bits per heavy atom. The van der Waals surface area contributed by atoms with E-state index in [1.165, 1.54) is 4.31 Å². The Kier molecular flexibility index (Phi) is 7.31. The van der Waals surface area contributed by atoms with E-state index in [2.05, 4.69) is 10.3 Å². The van der Waals surface area contributed by atoms with Crippen LogP contribution >= 0.6 is 11.3 Å². The van der Waals surface area contributed by atoms with Crippen molar-refractivity contribution in [2.24, 2.45) is 0 Å². The summed E-state index contributed by atoms with van der Waals surface area (Å²) < 4.78 is 26.3. The monoisotopic (exact) mass is 395 g/mol. The summed E-state index contributed by atoms with van der Waals surface area (Å²) in [5.41, 5.74) is 1.80. The molecule has 0 aliphatic heterocycles. The Balaban J connectivity index is 1.88. The third-order valence-corrected chi connectivity index (χ3v) is 6.93. The third kappa shape index (κ3) is 5.36. The van der Waals surface area contributed by atoms with Gasteiger partial charge in [-0.3, -0.25) is 4.79 Å². The second-order valence-corrected chi connectivity index (χ2v) is 8.87. The second kappa shape index (κ2) is 9.25. The average Bonchev–Trinajstić information content (AvgIpc) is 3.04. The zero-order valence-corrected chi connectivity index (χ0v) is 17.0. The highest BCUT2D eigenvalue weighted by molar-refractivity contribution is 7.89. The first-order valence-corrected chi connectivity index (χ1v) is 11.0. The van der Waals surface area contributed by atoms with E-state index in [0.29, 0.717) is 32.5 Å². The number of sulfonamides is 1. The minimum absolute atomic E-state index is 0.0458. The first kappa shape index (κ1) is 20.5. The summed E-state index contributed by atoms with van der Waals surface area (Å²) in [6.45, 7) is 6.89. The summed E-state index contributed by atoms with van der Waals surface area (Å²) in [6, 6.07) is 6.76. The molecule has 1 heterocycles. The predicted molar refractivity (Wildman–Crippen MR) is 104 cm³/mol. The Bertz CT molecular complexity index is 826. The summed E-state index contributed by atoms with van der Waals surface area (Å²) in [5, 5.41) is 5.77. The smallest absolute Gasteiger partial charge is 0.243 e. The number of nitrogens with one attached hydrogen (secondary N) is 1. The van der Waals surface area contributed by atoms with Gasteiger partial charge in [-0.05, 0) is 31.0 Å². The molecule has 26 heavy (non-hydrogen) atoms. The van der Waals surface area contributed by atoms with Crippen LogP contribution in [0.25, 0.3) is 0 Å². The number of aryl methyl sites for hydroxylation is 2. The molecule has 142 valence electrons. The van der Waals surface area contributed by atoms with Gasteiger partial charge in [-0.15, -0.1) is 11.3 Å². The van der Waals surface area contributed by atoms with Gasteiger partial charge in [0.25, 0.3) is 0 Å². The third-order valence-electron chi connectivity index (χ3n) is 4.04. The number of rotatable bonds is 9.